The predicted octanol–water partition coefficient (Wildman–Crippen LogP) is 2.57. The van der Waals surface area contributed by atoms with E-state index in [-0.39, 0.29) is 5.56 Å². The van der Waals surface area contributed by atoms with Crippen LogP contribution >= 0.6 is 11.3 Å². The van der Waals surface area contributed by atoms with Crippen molar-refractivity contribution in [3.8, 4) is 0 Å². The molecule has 100 valence electrons. The Labute approximate surface area is 113 Å². The summed E-state index contributed by atoms with van der Waals surface area (Å²) in [6.45, 7) is 2.02. The lowest BCUT2D eigenvalue weighted by molar-refractivity contribution is -0.122. The maximum Gasteiger partial charge on any atom is 0.348 e. The highest BCUT2D eigenvalue weighted by Gasteiger charge is 2.18. The van der Waals surface area contributed by atoms with Gasteiger partial charge in [-0.05, 0) is 30.0 Å². The van der Waals surface area contributed by atoms with E-state index in [1.807, 2.05) is 0 Å². The van der Waals surface area contributed by atoms with Crippen LogP contribution < -0.4 is 5.73 Å². The average molecular weight is 281 g/mol. The smallest absolute Gasteiger partial charge is 0.348 e. The van der Waals surface area contributed by atoms with Crippen molar-refractivity contribution >= 4 is 33.3 Å². The molecule has 0 saturated heterocycles. The minimum absolute atomic E-state index is 0.192. The standard InChI is InChI=1S/C13H12FNO3S/c1-2-18-13(17)10-5-7-3-4-8(6-9(7)19-10)11(14)12(15)16/h3-6,11H,2H2,1H3,(H2,15,16). The SMILES string of the molecule is CCOC(=O)c1cc2ccc(C(F)C(N)=O)cc2s1. The van der Waals surface area contributed by atoms with Crippen molar-refractivity contribution in [2.24, 2.45) is 5.73 Å². The Morgan fingerprint density at radius 3 is 2.79 bits per heavy atom. The van der Waals surface area contributed by atoms with Crippen molar-refractivity contribution in [3.63, 3.8) is 0 Å². The zero-order valence-corrected chi connectivity index (χ0v) is 11.0. The van der Waals surface area contributed by atoms with E-state index in [0.29, 0.717) is 16.2 Å². The zero-order chi connectivity index (χ0) is 14.0. The van der Waals surface area contributed by atoms with Crippen LogP contribution in [0.15, 0.2) is 24.3 Å². The lowest BCUT2D eigenvalue weighted by Crippen LogP contribution is -2.17. The van der Waals surface area contributed by atoms with E-state index in [1.165, 1.54) is 23.5 Å². The van der Waals surface area contributed by atoms with Gasteiger partial charge in [-0.1, -0.05) is 12.1 Å². The van der Waals surface area contributed by atoms with Gasteiger partial charge in [0.15, 0.2) is 0 Å². The summed E-state index contributed by atoms with van der Waals surface area (Å²) in [6, 6.07) is 6.34. The van der Waals surface area contributed by atoms with Crippen LogP contribution in [-0.2, 0) is 9.53 Å². The number of carbonyl (C=O) groups excluding carboxylic acids is 2. The van der Waals surface area contributed by atoms with Crippen LogP contribution in [-0.4, -0.2) is 18.5 Å². The number of nitrogens with two attached hydrogens (primary N) is 1. The number of benzene rings is 1. The highest BCUT2D eigenvalue weighted by Crippen LogP contribution is 2.29. The monoisotopic (exact) mass is 281 g/mol. The summed E-state index contributed by atoms with van der Waals surface area (Å²) in [5, 5.41) is 0.800. The van der Waals surface area contributed by atoms with Gasteiger partial charge in [-0.3, -0.25) is 4.79 Å². The third kappa shape index (κ3) is 2.73. The number of carbonyl (C=O) groups is 2. The van der Waals surface area contributed by atoms with Gasteiger partial charge < -0.3 is 10.5 Å². The van der Waals surface area contributed by atoms with Gasteiger partial charge in [0.2, 0.25) is 6.17 Å². The largest absolute Gasteiger partial charge is 0.462 e. The molecule has 0 fully saturated rings. The summed E-state index contributed by atoms with van der Waals surface area (Å²) in [7, 11) is 0. The molecule has 2 N–H and O–H groups in total. The molecule has 2 rings (SSSR count). The van der Waals surface area contributed by atoms with Gasteiger partial charge in [0, 0.05) is 4.70 Å². The predicted molar refractivity (Wildman–Crippen MR) is 70.8 cm³/mol. The lowest BCUT2D eigenvalue weighted by atomic mass is 10.1. The zero-order valence-electron chi connectivity index (χ0n) is 10.2. The fourth-order valence-corrected chi connectivity index (χ4v) is 2.68. The van der Waals surface area contributed by atoms with Crippen LogP contribution in [0, 0.1) is 0 Å². The summed E-state index contributed by atoms with van der Waals surface area (Å²) < 4.78 is 19.1. The van der Waals surface area contributed by atoms with E-state index in [4.69, 9.17) is 10.5 Å². The maximum absolute atomic E-state index is 13.5. The Bertz CT molecular complexity index is 638. The minimum Gasteiger partial charge on any atom is -0.462 e. The van der Waals surface area contributed by atoms with Gasteiger partial charge in [-0.25, -0.2) is 9.18 Å². The van der Waals surface area contributed by atoms with E-state index in [0.717, 1.165) is 5.39 Å². The fourth-order valence-electron chi connectivity index (χ4n) is 1.67. The topological polar surface area (TPSA) is 69.4 Å². The maximum atomic E-state index is 13.5. The molecule has 0 aliphatic carbocycles. The highest BCUT2D eigenvalue weighted by molar-refractivity contribution is 7.20. The number of hydrogen-bond acceptors (Lipinski definition) is 4. The van der Waals surface area contributed by atoms with E-state index < -0.39 is 18.0 Å². The third-order valence-corrected chi connectivity index (χ3v) is 3.64. The summed E-state index contributed by atoms with van der Waals surface area (Å²) in [5.41, 5.74) is 5.11. The number of esters is 1. The van der Waals surface area contributed by atoms with E-state index in [1.54, 1.807) is 19.1 Å². The van der Waals surface area contributed by atoms with Crippen LogP contribution in [0.1, 0.15) is 28.3 Å². The summed E-state index contributed by atoms with van der Waals surface area (Å²) in [6.07, 6.45) is -1.84. The van der Waals surface area contributed by atoms with Crippen LogP contribution in [0.3, 0.4) is 0 Å². The highest BCUT2D eigenvalue weighted by atomic mass is 32.1. The number of primary amides is 1. The molecule has 6 heteroatoms. The number of ether oxygens (including phenoxy) is 1. The Balaban J connectivity index is 2.38. The third-order valence-electron chi connectivity index (χ3n) is 2.56. The normalized spacial score (nSPS) is 12.3. The quantitative estimate of drug-likeness (QED) is 0.876. The molecular weight excluding hydrogens is 269 g/mol. The first-order chi connectivity index (χ1) is 9.02. The second-order valence-corrected chi connectivity index (χ2v) is 4.98. The molecule has 0 saturated carbocycles. The van der Waals surface area contributed by atoms with Crippen LogP contribution in [0.5, 0.6) is 0 Å². The molecule has 1 amide bonds. The van der Waals surface area contributed by atoms with Crippen molar-refractivity contribution in [2.45, 2.75) is 13.1 Å². The summed E-state index contributed by atoms with van der Waals surface area (Å²) >= 11 is 1.20. The van der Waals surface area contributed by atoms with Crippen molar-refractivity contribution in [1.29, 1.82) is 0 Å². The van der Waals surface area contributed by atoms with Crippen molar-refractivity contribution in [2.75, 3.05) is 6.61 Å². The van der Waals surface area contributed by atoms with E-state index in [9.17, 15) is 14.0 Å². The number of rotatable bonds is 4. The Morgan fingerprint density at radius 2 is 2.16 bits per heavy atom. The van der Waals surface area contributed by atoms with Crippen LogP contribution in [0.4, 0.5) is 4.39 Å². The molecule has 1 aromatic carbocycles. The number of fused-ring (bicyclic) bond motifs is 1. The second kappa shape index (κ2) is 5.36. The molecule has 4 nitrogen and oxygen atoms in total. The van der Waals surface area contributed by atoms with Crippen LogP contribution in [0.25, 0.3) is 10.1 Å². The minimum atomic E-state index is -1.84. The first-order valence-electron chi connectivity index (χ1n) is 5.67. The second-order valence-electron chi connectivity index (χ2n) is 3.89. The lowest BCUT2D eigenvalue weighted by Gasteiger charge is -2.03. The first-order valence-corrected chi connectivity index (χ1v) is 6.48. The number of hydrogen-bond donors (Lipinski definition) is 1. The summed E-state index contributed by atoms with van der Waals surface area (Å²) in [4.78, 5) is 22.8. The summed E-state index contributed by atoms with van der Waals surface area (Å²) in [5.74, 6) is -1.43. The number of thiophene rings is 1. The Morgan fingerprint density at radius 1 is 1.42 bits per heavy atom. The molecule has 0 aliphatic rings. The van der Waals surface area contributed by atoms with Crippen molar-refractivity contribution < 1.29 is 18.7 Å². The molecule has 19 heavy (non-hydrogen) atoms. The molecule has 0 spiro atoms. The fraction of sp³-hybridized carbons (Fsp3) is 0.231. The van der Waals surface area contributed by atoms with Crippen molar-refractivity contribution in [1.82, 2.24) is 0 Å². The van der Waals surface area contributed by atoms with Gasteiger partial charge in [0.05, 0.1) is 6.61 Å². The van der Waals surface area contributed by atoms with Crippen LogP contribution in [0.2, 0.25) is 0 Å². The number of halogens is 1. The number of amides is 1. The van der Waals surface area contributed by atoms with Gasteiger partial charge in [0.25, 0.3) is 5.91 Å². The molecule has 0 radical (unpaired) electrons. The molecule has 1 atom stereocenters. The van der Waals surface area contributed by atoms with Crippen molar-refractivity contribution in [3.05, 3.63) is 34.7 Å². The first kappa shape index (κ1) is 13.5. The molecule has 1 heterocycles. The van der Waals surface area contributed by atoms with E-state index in [2.05, 4.69) is 0 Å². The molecule has 2 aromatic rings. The van der Waals surface area contributed by atoms with Gasteiger partial charge in [-0.2, -0.15) is 0 Å². The molecule has 0 aliphatic heterocycles. The Kier molecular flexibility index (Phi) is 3.80. The molecule has 1 unspecified atom stereocenters. The van der Waals surface area contributed by atoms with Gasteiger partial charge in [-0.15, -0.1) is 11.3 Å². The Hall–Kier alpha value is -1.95. The molecule has 1 aromatic heterocycles. The number of alkyl halides is 1. The molecule has 0 bridgehead atoms. The molecular formula is C13H12FNO3S. The van der Waals surface area contributed by atoms with E-state index >= 15 is 0 Å². The average Bonchev–Trinajstić information content (AvgIpc) is 2.80. The van der Waals surface area contributed by atoms with Gasteiger partial charge in [0.1, 0.15) is 4.88 Å². The van der Waals surface area contributed by atoms with Gasteiger partial charge >= 0.3 is 5.97 Å².